The molecule has 0 bridgehead atoms. The molecule has 21 heavy (non-hydrogen) atoms. The molecule has 0 N–H and O–H groups in total. The molecule has 0 unspecified atom stereocenters. The van der Waals surface area contributed by atoms with Crippen LogP contribution in [0.25, 0.3) is 0 Å². The van der Waals surface area contributed by atoms with Crippen LogP contribution in [0, 0.1) is 17.3 Å². The first-order chi connectivity index (χ1) is 10.2. The molecule has 0 heterocycles. The van der Waals surface area contributed by atoms with E-state index in [0.717, 1.165) is 11.8 Å². The highest BCUT2D eigenvalue weighted by Gasteiger charge is 2.96. The Balaban J connectivity index is 1.76. The zero-order valence-electron chi connectivity index (χ0n) is 12.8. The van der Waals surface area contributed by atoms with Crippen LogP contribution in [0.2, 0.25) is 0 Å². The quantitative estimate of drug-likeness (QED) is 0.727. The van der Waals surface area contributed by atoms with Crippen molar-refractivity contribution in [3.05, 3.63) is 71.8 Å². The van der Waals surface area contributed by atoms with Crippen molar-refractivity contribution >= 4 is 0 Å². The van der Waals surface area contributed by atoms with Crippen LogP contribution < -0.4 is 0 Å². The summed E-state index contributed by atoms with van der Waals surface area (Å²) in [6.45, 7) is 5.04. The molecule has 0 heteroatoms. The van der Waals surface area contributed by atoms with Gasteiger partial charge in [-0.3, -0.25) is 0 Å². The van der Waals surface area contributed by atoms with E-state index in [1.165, 1.54) is 12.8 Å². The normalized spacial score (nSPS) is 41.2. The fourth-order valence-electron chi connectivity index (χ4n) is 6.90. The van der Waals surface area contributed by atoms with Gasteiger partial charge in [0.2, 0.25) is 0 Å². The molecular weight excluding hydrogens is 252 g/mol. The molecule has 0 saturated heterocycles. The molecule has 2 aromatic carbocycles. The summed E-state index contributed by atoms with van der Waals surface area (Å²) >= 11 is 0. The summed E-state index contributed by atoms with van der Waals surface area (Å²) in [5, 5.41) is 0. The van der Waals surface area contributed by atoms with Gasteiger partial charge in [-0.1, -0.05) is 74.5 Å². The molecule has 3 aliphatic rings. The van der Waals surface area contributed by atoms with Crippen molar-refractivity contribution in [3.63, 3.8) is 0 Å². The summed E-state index contributed by atoms with van der Waals surface area (Å²) < 4.78 is 0. The van der Waals surface area contributed by atoms with Crippen LogP contribution in [-0.4, -0.2) is 0 Å². The zero-order chi connectivity index (χ0) is 14.3. The summed E-state index contributed by atoms with van der Waals surface area (Å²) in [6, 6.07) is 22.7. The van der Waals surface area contributed by atoms with Crippen LogP contribution in [0.15, 0.2) is 60.7 Å². The Hall–Kier alpha value is -1.56. The zero-order valence-corrected chi connectivity index (χ0v) is 12.8. The average molecular weight is 274 g/mol. The molecule has 0 spiro atoms. The third-order valence-electron chi connectivity index (χ3n) is 7.38. The van der Waals surface area contributed by atoms with E-state index in [0.29, 0.717) is 16.2 Å². The minimum atomic E-state index is 0.383. The van der Waals surface area contributed by atoms with Crippen molar-refractivity contribution in [2.45, 2.75) is 37.5 Å². The van der Waals surface area contributed by atoms with Gasteiger partial charge in [0.15, 0.2) is 0 Å². The standard InChI is InChI=1S/C21H22/c1-19(2)20(15-9-5-3-6-10-15)17-13-14-18(17)21(19,20)16-11-7-4-8-12-16/h3-12,17-18H,13-14H2,1-2H3/t17-,18-,20-,21+/m0/s1. The van der Waals surface area contributed by atoms with E-state index in [4.69, 9.17) is 0 Å². The first kappa shape index (κ1) is 12.0. The second kappa shape index (κ2) is 3.43. The van der Waals surface area contributed by atoms with Gasteiger partial charge in [-0.15, -0.1) is 0 Å². The van der Waals surface area contributed by atoms with Crippen molar-refractivity contribution < 1.29 is 0 Å². The largest absolute Gasteiger partial charge is 0.0622 e. The van der Waals surface area contributed by atoms with Gasteiger partial charge in [0.05, 0.1) is 0 Å². The van der Waals surface area contributed by atoms with Gasteiger partial charge in [-0.2, -0.15) is 0 Å². The van der Waals surface area contributed by atoms with Gasteiger partial charge in [-0.05, 0) is 41.2 Å². The lowest BCUT2D eigenvalue weighted by atomic mass is 9.44. The molecule has 4 atom stereocenters. The van der Waals surface area contributed by atoms with Crippen LogP contribution in [0.3, 0.4) is 0 Å². The molecule has 3 fully saturated rings. The van der Waals surface area contributed by atoms with E-state index in [1.807, 2.05) is 0 Å². The molecule has 3 saturated carbocycles. The first-order valence-electron chi connectivity index (χ1n) is 8.30. The Labute approximate surface area is 127 Å². The smallest absolute Gasteiger partial charge is 0.0149 e. The summed E-state index contributed by atoms with van der Waals surface area (Å²) in [7, 11) is 0. The second-order valence-corrected chi connectivity index (χ2v) is 7.76. The van der Waals surface area contributed by atoms with Gasteiger partial charge in [0.25, 0.3) is 0 Å². The Bertz CT molecular complexity index is 638. The summed E-state index contributed by atoms with van der Waals surface area (Å²) in [5.74, 6) is 1.82. The van der Waals surface area contributed by atoms with E-state index in [9.17, 15) is 0 Å². The summed E-state index contributed by atoms with van der Waals surface area (Å²) in [5.41, 5.74) is 4.34. The van der Waals surface area contributed by atoms with Crippen LogP contribution in [0.5, 0.6) is 0 Å². The summed E-state index contributed by atoms with van der Waals surface area (Å²) in [6.07, 6.45) is 2.86. The van der Waals surface area contributed by atoms with Crippen LogP contribution in [0.4, 0.5) is 0 Å². The van der Waals surface area contributed by atoms with Gasteiger partial charge < -0.3 is 0 Å². The fourth-order valence-corrected chi connectivity index (χ4v) is 6.90. The molecular formula is C21H22. The lowest BCUT2D eigenvalue weighted by molar-refractivity contribution is -0.0131. The van der Waals surface area contributed by atoms with Crippen LogP contribution in [-0.2, 0) is 10.8 Å². The van der Waals surface area contributed by atoms with Crippen molar-refractivity contribution in [2.75, 3.05) is 0 Å². The fraction of sp³-hybridized carbons (Fsp3) is 0.429. The predicted octanol–water partition coefficient (Wildman–Crippen LogP) is 4.94. The van der Waals surface area contributed by atoms with Gasteiger partial charge >= 0.3 is 0 Å². The number of hydrogen-bond donors (Lipinski definition) is 0. The minimum Gasteiger partial charge on any atom is -0.0622 e. The van der Waals surface area contributed by atoms with Gasteiger partial charge in [0, 0.05) is 10.8 Å². The molecule has 0 radical (unpaired) electrons. The van der Waals surface area contributed by atoms with Crippen molar-refractivity contribution in [2.24, 2.45) is 17.3 Å². The van der Waals surface area contributed by atoms with Crippen molar-refractivity contribution in [1.29, 1.82) is 0 Å². The highest BCUT2D eigenvalue weighted by Crippen LogP contribution is 2.96. The van der Waals surface area contributed by atoms with E-state index in [2.05, 4.69) is 74.5 Å². The monoisotopic (exact) mass is 274 g/mol. The molecule has 0 aliphatic heterocycles. The SMILES string of the molecule is CC1(C)[C@]2(c3ccccc3)[C@H]3CC[C@@H]3[C@]12c1ccccc1. The second-order valence-electron chi connectivity index (χ2n) is 7.76. The predicted molar refractivity (Wildman–Crippen MR) is 86.2 cm³/mol. The van der Waals surface area contributed by atoms with E-state index in [-0.39, 0.29) is 0 Å². The maximum absolute atomic E-state index is 2.52. The third kappa shape index (κ3) is 0.950. The van der Waals surface area contributed by atoms with Gasteiger partial charge in [-0.25, -0.2) is 0 Å². The molecule has 0 nitrogen and oxygen atoms in total. The number of rotatable bonds is 2. The average Bonchev–Trinajstić information content (AvgIpc) is 2.88. The Morgan fingerprint density at radius 3 is 1.38 bits per heavy atom. The topological polar surface area (TPSA) is 0 Å². The Morgan fingerprint density at radius 2 is 1.05 bits per heavy atom. The van der Waals surface area contributed by atoms with Gasteiger partial charge in [0.1, 0.15) is 0 Å². The van der Waals surface area contributed by atoms with E-state index in [1.54, 1.807) is 11.1 Å². The lowest BCUT2D eigenvalue weighted by Crippen LogP contribution is -2.57. The van der Waals surface area contributed by atoms with Crippen molar-refractivity contribution in [1.82, 2.24) is 0 Å². The molecule has 5 rings (SSSR count). The molecule has 0 amide bonds. The summed E-state index contributed by atoms with van der Waals surface area (Å²) in [4.78, 5) is 0. The number of hydrogen-bond acceptors (Lipinski definition) is 0. The van der Waals surface area contributed by atoms with E-state index < -0.39 is 0 Å². The van der Waals surface area contributed by atoms with Crippen LogP contribution in [0.1, 0.15) is 37.8 Å². The third-order valence-corrected chi connectivity index (χ3v) is 7.38. The Kier molecular flexibility index (Phi) is 1.96. The highest BCUT2D eigenvalue weighted by molar-refractivity contribution is 5.65. The minimum absolute atomic E-state index is 0.383. The van der Waals surface area contributed by atoms with E-state index >= 15 is 0 Å². The number of fused-ring (bicyclic) bond motifs is 4. The Morgan fingerprint density at radius 1 is 0.667 bits per heavy atom. The molecule has 106 valence electrons. The lowest BCUT2D eigenvalue weighted by Gasteiger charge is -2.59. The first-order valence-corrected chi connectivity index (χ1v) is 8.30. The van der Waals surface area contributed by atoms with Crippen molar-refractivity contribution in [3.8, 4) is 0 Å². The molecule has 3 aliphatic carbocycles. The highest BCUT2D eigenvalue weighted by atomic mass is 15.0. The number of benzene rings is 2. The maximum atomic E-state index is 2.52. The molecule has 2 aromatic rings. The van der Waals surface area contributed by atoms with Crippen LogP contribution >= 0.6 is 0 Å². The molecule has 0 aromatic heterocycles. The maximum Gasteiger partial charge on any atom is 0.0149 e.